The Hall–Kier alpha value is -0.850. The van der Waals surface area contributed by atoms with Gasteiger partial charge in [-0.15, -0.1) is 3.89 Å². The van der Waals surface area contributed by atoms with E-state index < -0.39 is 33.7 Å². The molecule has 102 valence electrons. The van der Waals surface area contributed by atoms with Crippen LogP contribution in [0, 0.1) is 0 Å². The molecule has 0 fully saturated rings. The SMILES string of the molecule is CCN(C(=O)OC(C)(C)C)C(C)CS(=O)(=O)F. The highest BCUT2D eigenvalue weighted by molar-refractivity contribution is 7.86. The van der Waals surface area contributed by atoms with Gasteiger partial charge < -0.3 is 9.64 Å². The van der Waals surface area contributed by atoms with Crippen molar-refractivity contribution < 1.29 is 21.8 Å². The summed E-state index contributed by atoms with van der Waals surface area (Å²) in [5, 5.41) is 0. The molecule has 1 amide bonds. The molecular weight excluding hydrogens is 249 g/mol. The van der Waals surface area contributed by atoms with Crippen LogP contribution in [0.4, 0.5) is 8.68 Å². The fourth-order valence-electron chi connectivity index (χ4n) is 1.32. The van der Waals surface area contributed by atoms with Crippen molar-refractivity contribution in [1.29, 1.82) is 0 Å². The minimum absolute atomic E-state index is 0.256. The van der Waals surface area contributed by atoms with E-state index in [0.717, 1.165) is 0 Å². The number of halogens is 1. The second kappa shape index (κ2) is 5.66. The molecule has 0 aliphatic heterocycles. The Morgan fingerprint density at radius 3 is 2.18 bits per heavy atom. The molecule has 0 heterocycles. The van der Waals surface area contributed by atoms with Crippen LogP contribution >= 0.6 is 0 Å². The topological polar surface area (TPSA) is 63.7 Å². The molecule has 0 radical (unpaired) electrons. The molecule has 1 atom stereocenters. The zero-order valence-electron chi connectivity index (χ0n) is 10.9. The minimum atomic E-state index is -4.61. The van der Waals surface area contributed by atoms with Crippen molar-refractivity contribution >= 4 is 16.3 Å². The number of rotatable bonds is 4. The van der Waals surface area contributed by atoms with Crippen LogP contribution in [0.25, 0.3) is 0 Å². The van der Waals surface area contributed by atoms with Crippen LogP contribution in [0.2, 0.25) is 0 Å². The first kappa shape index (κ1) is 16.1. The van der Waals surface area contributed by atoms with Gasteiger partial charge in [-0.05, 0) is 34.6 Å². The van der Waals surface area contributed by atoms with E-state index >= 15 is 0 Å². The first-order valence-electron chi connectivity index (χ1n) is 5.38. The van der Waals surface area contributed by atoms with Gasteiger partial charge >= 0.3 is 16.3 Å². The zero-order chi connectivity index (χ0) is 13.9. The average Bonchev–Trinajstić information content (AvgIpc) is 1.96. The van der Waals surface area contributed by atoms with Gasteiger partial charge in [0.05, 0.1) is 0 Å². The summed E-state index contributed by atoms with van der Waals surface area (Å²) in [4.78, 5) is 12.9. The maximum absolute atomic E-state index is 12.5. The predicted molar refractivity (Wildman–Crippen MR) is 63.0 cm³/mol. The normalized spacial score (nSPS) is 14.2. The number of hydrogen-bond donors (Lipinski definition) is 0. The molecule has 0 aromatic rings. The highest BCUT2D eigenvalue weighted by Gasteiger charge is 2.27. The molecule has 0 aliphatic rings. The van der Waals surface area contributed by atoms with Gasteiger partial charge in [0.25, 0.3) is 0 Å². The molecular formula is C10H20FNO4S. The number of carbonyl (C=O) groups excluding carboxylic acids is 1. The number of ether oxygens (including phenoxy) is 1. The van der Waals surface area contributed by atoms with Crippen LogP contribution in [-0.2, 0) is 15.0 Å². The van der Waals surface area contributed by atoms with Crippen molar-refractivity contribution in [2.45, 2.75) is 46.3 Å². The molecule has 0 aromatic heterocycles. The Morgan fingerprint density at radius 1 is 1.41 bits per heavy atom. The molecule has 0 aromatic carbocycles. The molecule has 0 saturated carbocycles. The molecule has 7 heteroatoms. The standard InChI is InChI=1S/C10H20FNO4S/c1-6-12(8(2)7-17(11,14)15)9(13)16-10(3,4)5/h8H,6-7H2,1-5H3. The fourth-order valence-corrected chi connectivity index (χ4v) is 2.08. The van der Waals surface area contributed by atoms with Gasteiger partial charge in [-0.25, -0.2) is 4.79 Å². The molecule has 5 nitrogen and oxygen atoms in total. The summed E-state index contributed by atoms with van der Waals surface area (Å²) in [6.45, 7) is 8.50. The van der Waals surface area contributed by atoms with Crippen molar-refractivity contribution in [3.63, 3.8) is 0 Å². The third-order valence-electron chi connectivity index (χ3n) is 1.94. The van der Waals surface area contributed by atoms with Gasteiger partial charge in [-0.2, -0.15) is 8.42 Å². The lowest BCUT2D eigenvalue weighted by atomic mass is 10.2. The lowest BCUT2D eigenvalue weighted by molar-refractivity contribution is 0.0206. The van der Waals surface area contributed by atoms with Crippen molar-refractivity contribution in [1.82, 2.24) is 4.90 Å². The lowest BCUT2D eigenvalue weighted by Crippen LogP contribution is -2.44. The van der Waals surface area contributed by atoms with E-state index in [-0.39, 0.29) is 6.54 Å². The van der Waals surface area contributed by atoms with Crippen LogP contribution in [0.5, 0.6) is 0 Å². The lowest BCUT2D eigenvalue weighted by Gasteiger charge is -2.30. The average molecular weight is 269 g/mol. The second-order valence-corrected chi connectivity index (χ2v) is 6.23. The summed E-state index contributed by atoms with van der Waals surface area (Å²) in [5.74, 6) is -0.722. The Balaban J connectivity index is 4.67. The molecule has 0 N–H and O–H groups in total. The van der Waals surface area contributed by atoms with Gasteiger partial charge in [0.15, 0.2) is 0 Å². The van der Waals surface area contributed by atoms with Crippen molar-refractivity contribution in [3.8, 4) is 0 Å². The van der Waals surface area contributed by atoms with Gasteiger partial charge in [-0.3, -0.25) is 0 Å². The van der Waals surface area contributed by atoms with E-state index in [0.29, 0.717) is 0 Å². The summed E-state index contributed by atoms with van der Waals surface area (Å²) in [6.07, 6.45) is -0.642. The Labute approximate surface area is 102 Å². The van der Waals surface area contributed by atoms with E-state index in [1.54, 1.807) is 27.7 Å². The highest BCUT2D eigenvalue weighted by atomic mass is 32.3. The monoisotopic (exact) mass is 269 g/mol. The number of carbonyl (C=O) groups is 1. The first-order valence-corrected chi connectivity index (χ1v) is 6.93. The van der Waals surface area contributed by atoms with Crippen LogP contribution in [0.1, 0.15) is 34.6 Å². The number of hydrogen-bond acceptors (Lipinski definition) is 4. The van der Waals surface area contributed by atoms with E-state index in [1.807, 2.05) is 0 Å². The van der Waals surface area contributed by atoms with Crippen LogP contribution in [0.3, 0.4) is 0 Å². The molecule has 0 saturated heterocycles. The summed E-state index contributed by atoms with van der Waals surface area (Å²) >= 11 is 0. The minimum Gasteiger partial charge on any atom is -0.444 e. The van der Waals surface area contributed by atoms with Gasteiger partial charge in [-0.1, -0.05) is 0 Å². The van der Waals surface area contributed by atoms with E-state index in [9.17, 15) is 17.1 Å². The number of nitrogens with zero attached hydrogens (tertiary/aromatic N) is 1. The van der Waals surface area contributed by atoms with Crippen LogP contribution < -0.4 is 0 Å². The molecule has 1 unspecified atom stereocenters. The second-order valence-electron chi connectivity index (χ2n) is 4.82. The third kappa shape index (κ3) is 7.14. The van der Waals surface area contributed by atoms with Crippen molar-refractivity contribution in [3.05, 3.63) is 0 Å². The summed E-state index contributed by atoms with van der Waals surface area (Å²) in [6, 6.07) is -0.759. The van der Waals surface area contributed by atoms with Crippen molar-refractivity contribution in [2.75, 3.05) is 12.3 Å². The van der Waals surface area contributed by atoms with E-state index in [1.165, 1.54) is 11.8 Å². The maximum Gasteiger partial charge on any atom is 0.410 e. The Bertz CT molecular complexity index is 361. The molecule has 0 spiro atoms. The number of amides is 1. The third-order valence-corrected chi connectivity index (χ3v) is 2.82. The van der Waals surface area contributed by atoms with E-state index in [2.05, 4.69) is 0 Å². The summed E-state index contributed by atoms with van der Waals surface area (Å²) < 4.78 is 38.7. The predicted octanol–water partition coefficient (Wildman–Crippen LogP) is 1.93. The van der Waals surface area contributed by atoms with Gasteiger partial charge in [0.1, 0.15) is 11.4 Å². The van der Waals surface area contributed by atoms with Gasteiger partial charge in [0, 0.05) is 12.6 Å². The largest absolute Gasteiger partial charge is 0.444 e. The Morgan fingerprint density at radius 2 is 1.88 bits per heavy atom. The van der Waals surface area contributed by atoms with Crippen LogP contribution in [-0.4, -0.2) is 43.4 Å². The summed E-state index contributed by atoms with van der Waals surface area (Å²) in [7, 11) is -4.61. The quantitative estimate of drug-likeness (QED) is 0.732. The molecule has 0 aliphatic carbocycles. The van der Waals surface area contributed by atoms with Crippen LogP contribution in [0.15, 0.2) is 0 Å². The van der Waals surface area contributed by atoms with E-state index in [4.69, 9.17) is 4.74 Å². The zero-order valence-corrected chi connectivity index (χ0v) is 11.7. The Kier molecular flexibility index (Phi) is 5.38. The first-order chi connectivity index (χ1) is 7.46. The summed E-state index contributed by atoms with van der Waals surface area (Å²) in [5.41, 5.74) is -0.668. The van der Waals surface area contributed by atoms with Crippen molar-refractivity contribution in [2.24, 2.45) is 0 Å². The highest BCUT2D eigenvalue weighted by Crippen LogP contribution is 2.13. The maximum atomic E-state index is 12.5. The molecule has 0 bridgehead atoms. The molecule has 0 rings (SSSR count). The molecule has 17 heavy (non-hydrogen) atoms. The van der Waals surface area contributed by atoms with Gasteiger partial charge in [0.2, 0.25) is 0 Å². The fraction of sp³-hybridized carbons (Fsp3) is 0.900. The smallest absolute Gasteiger partial charge is 0.410 e.